The fourth-order valence-corrected chi connectivity index (χ4v) is 3.46. The van der Waals surface area contributed by atoms with Gasteiger partial charge in [0, 0.05) is 36.4 Å². The fraction of sp³-hybridized carbons (Fsp3) is 0.250. The van der Waals surface area contributed by atoms with Gasteiger partial charge in [-0.05, 0) is 42.0 Å². The molecule has 0 aliphatic carbocycles. The molecule has 4 rings (SSSR count). The van der Waals surface area contributed by atoms with Crippen molar-refractivity contribution in [3.63, 3.8) is 0 Å². The highest BCUT2D eigenvalue weighted by Crippen LogP contribution is 2.28. The Morgan fingerprint density at radius 1 is 1.19 bits per heavy atom. The zero-order valence-corrected chi connectivity index (χ0v) is 14.8. The van der Waals surface area contributed by atoms with Gasteiger partial charge in [0.15, 0.2) is 0 Å². The Morgan fingerprint density at radius 3 is 2.77 bits per heavy atom. The number of rotatable bonds is 4. The van der Waals surface area contributed by atoms with E-state index in [4.69, 9.17) is 4.74 Å². The van der Waals surface area contributed by atoms with Crippen molar-refractivity contribution in [1.29, 1.82) is 0 Å². The third-order valence-corrected chi connectivity index (χ3v) is 4.95. The van der Waals surface area contributed by atoms with E-state index in [0.29, 0.717) is 6.54 Å². The number of methoxy groups -OCH3 is 1. The van der Waals surface area contributed by atoms with Crippen LogP contribution in [0.4, 0.5) is 5.69 Å². The van der Waals surface area contributed by atoms with Crippen LogP contribution in [-0.4, -0.2) is 24.1 Å². The third-order valence-electron chi connectivity index (χ3n) is 4.95. The number of carbonyl (C=O) groups excluding carboxylic acids is 1. The van der Waals surface area contributed by atoms with Crippen LogP contribution < -0.4 is 20.9 Å². The van der Waals surface area contributed by atoms with Gasteiger partial charge in [-0.15, -0.1) is 0 Å². The summed E-state index contributed by atoms with van der Waals surface area (Å²) in [5.41, 5.74) is 9.32. The minimum Gasteiger partial charge on any atom is -0.497 e. The van der Waals surface area contributed by atoms with Crippen molar-refractivity contribution in [2.24, 2.45) is 13.0 Å². The number of benzene rings is 2. The summed E-state index contributed by atoms with van der Waals surface area (Å²) in [6, 6.07) is 15.7. The summed E-state index contributed by atoms with van der Waals surface area (Å²) in [6.07, 6.45) is 2.01. The lowest BCUT2D eigenvalue weighted by molar-refractivity contribution is -0.119. The fourth-order valence-electron chi connectivity index (χ4n) is 3.46. The largest absolute Gasteiger partial charge is 0.497 e. The average molecular weight is 350 g/mol. The van der Waals surface area contributed by atoms with E-state index >= 15 is 0 Å². The van der Waals surface area contributed by atoms with Crippen LogP contribution in [-0.2, 0) is 11.8 Å². The van der Waals surface area contributed by atoms with E-state index in [-0.39, 0.29) is 17.9 Å². The summed E-state index contributed by atoms with van der Waals surface area (Å²) >= 11 is 0. The first-order valence-corrected chi connectivity index (χ1v) is 8.64. The van der Waals surface area contributed by atoms with E-state index in [1.807, 2.05) is 61.8 Å². The van der Waals surface area contributed by atoms with E-state index in [9.17, 15) is 4.79 Å². The van der Waals surface area contributed by atoms with Crippen LogP contribution in [0, 0.1) is 5.92 Å². The van der Waals surface area contributed by atoms with Crippen LogP contribution in [0.5, 0.6) is 5.75 Å². The maximum Gasteiger partial charge on any atom is 0.230 e. The number of hydrazine groups is 1. The van der Waals surface area contributed by atoms with Gasteiger partial charge in [0.1, 0.15) is 5.75 Å². The molecular formula is C20H22N4O2. The SMILES string of the molecule is COc1ccc(C2NNCC2C(=O)Nc2ccc3c(ccn3C)c2)cc1. The molecule has 1 aliphatic heterocycles. The Morgan fingerprint density at radius 2 is 2.00 bits per heavy atom. The number of nitrogens with zero attached hydrogens (tertiary/aromatic N) is 1. The summed E-state index contributed by atoms with van der Waals surface area (Å²) in [7, 11) is 3.65. The minimum atomic E-state index is -0.199. The molecule has 1 fully saturated rings. The summed E-state index contributed by atoms with van der Waals surface area (Å²) in [5, 5.41) is 4.17. The highest BCUT2D eigenvalue weighted by molar-refractivity contribution is 5.96. The van der Waals surface area contributed by atoms with Gasteiger partial charge in [0.2, 0.25) is 5.91 Å². The molecule has 0 saturated carbocycles. The average Bonchev–Trinajstić information content (AvgIpc) is 3.29. The van der Waals surface area contributed by atoms with E-state index in [2.05, 4.69) is 20.7 Å². The summed E-state index contributed by atoms with van der Waals surface area (Å²) in [5.74, 6) is 0.602. The molecule has 1 saturated heterocycles. The molecule has 2 unspecified atom stereocenters. The minimum absolute atomic E-state index is 0.00130. The van der Waals surface area contributed by atoms with Crippen molar-refractivity contribution in [2.75, 3.05) is 19.0 Å². The predicted molar refractivity (Wildman–Crippen MR) is 102 cm³/mol. The van der Waals surface area contributed by atoms with Crippen molar-refractivity contribution in [3.05, 3.63) is 60.3 Å². The quantitative estimate of drug-likeness (QED) is 0.677. The molecule has 6 nitrogen and oxygen atoms in total. The van der Waals surface area contributed by atoms with Crippen molar-refractivity contribution in [2.45, 2.75) is 6.04 Å². The number of carbonyl (C=O) groups is 1. The van der Waals surface area contributed by atoms with Gasteiger partial charge in [-0.1, -0.05) is 12.1 Å². The Bertz CT molecular complexity index is 933. The first kappa shape index (κ1) is 16.6. The molecule has 26 heavy (non-hydrogen) atoms. The second-order valence-corrected chi connectivity index (χ2v) is 6.57. The van der Waals surface area contributed by atoms with Gasteiger partial charge >= 0.3 is 0 Å². The molecule has 1 aliphatic rings. The van der Waals surface area contributed by atoms with Gasteiger partial charge in [0.05, 0.1) is 19.1 Å². The number of aryl methyl sites for hydroxylation is 1. The monoisotopic (exact) mass is 350 g/mol. The van der Waals surface area contributed by atoms with E-state index in [0.717, 1.165) is 27.9 Å². The van der Waals surface area contributed by atoms with Crippen LogP contribution >= 0.6 is 0 Å². The van der Waals surface area contributed by atoms with Crippen molar-refractivity contribution >= 4 is 22.5 Å². The highest BCUT2D eigenvalue weighted by Gasteiger charge is 2.34. The number of anilines is 1. The Hall–Kier alpha value is -2.83. The van der Waals surface area contributed by atoms with Gasteiger partial charge in [0.25, 0.3) is 0 Å². The second-order valence-electron chi connectivity index (χ2n) is 6.57. The second kappa shape index (κ2) is 6.82. The summed E-state index contributed by atoms with van der Waals surface area (Å²) < 4.78 is 7.27. The van der Waals surface area contributed by atoms with Crippen LogP contribution in [0.1, 0.15) is 11.6 Å². The molecular weight excluding hydrogens is 328 g/mol. The molecule has 2 aromatic carbocycles. The number of nitrogens with one attached hydrogen (secondary N) is 3. The molecule has 1 aromatic heterocycles. The van der Waals surface area contributed by atoms with E-state index in [1.165, 1.54) is 0 Å². The van der Waals surface area contributed by atoms with Crippen LogP contribution in [0.3, 0.4) is 0 Å². The molecule has 2 heterocycles. The van der Waals surface area contributed by atoms with E-state index < -0.39 is 0 Å². The Kier molecular flexibility index (Phi) is 4.36. The smallest absolute Gasteiger partial charge is 0.230 e. The molecule has 3 aromatic rings. The molecule has 0 radical (unpaired) electrons. The number of fused-ring (bicyclic) bond motifs is 1. The number of ether oxygens (including phenoxy) is 1. The molecule has 134 valence electrons. The van der Waals surface area contributed by atoms with Gasteiger partial charge in [-0.2, -0.15) is 0 Å². The third kappa shape index (κ3) is 3.05. The normalized spacial score (nSPS) is 19.6. The van der Waals surface area contributed by atoms with Crippen molar-refractivity contribution in [3.8, 4) is 5.75 Å². The predicted octanol–water partition coefficient (Wildman–Crippen LogP) is 2.59. The standard InChI is InChI=1S/C20H22N4O2/c1-24-10-9-14-11-15(5-8-18(14)24)22-20(25)17-12-21-23-19(17)13-3-6-16(26-2)7-4-13/h3-11,17,19,21,23H,12H2,1-2H3,(H,22,25). The maximum atomic E-state index is 12.8. The Balaban J connectivity index is 1.51. The number of aromatic nitrogens is 1. The maximum absolute atomic E-state index is 12.8. The lowest BCUT2D eigenvalue weighted by atomic mass is 9.94. The van der Waals surface area contributed by atoms with Gasteiger partial charge in [-0.3, -0.25) is 10.2 Å². The van der Waals surface area contributed by atoms with Gasteiger partial charge < -0.3 is 14.6 Å². The lowest BCUT2D eigenvalue weighted by Crippen LogP contribution is -2.29. The zero-order valence-electron chi connectivity index (χ0n) is 14.8. The topological polar surface area (TPSA) is 67.3 Å². The van der Waals surface area contributed by atoms with Crippen molar-refractivity contribution < 1.29 is 9.53 Å². The highest BCUT2D eigenvalue weighted by atomic mass is 16.5. The van der Waals surface area contributed by atoms with Crippen LogP contribution in [0.2, 0.25) is 0 Å². The Labute approximate surface area is 152 Å². The molecule has 3 N–H and O–H groups in total. The first-order valence-electron chi connectivity index (χ1n) is 8.64. The molecule has 0 spiro atoms. The number of hydrogen-bond acceptors (Lipinski definition) is 4. The molecule has 0 bridgehead atoms. The number of amides is 1. The first-order chi connectivity index (χ1) is 12.7. The molecule has 6 heteroatoms. The van der Waals surface area contributed by atoms with Gasteiger partial charge in [-0.25, -0.2) is 5.43 Å². The van der Waals surface area contributed by atoms with Crippen LogP contribution in [0.15, 0.2) is 54.7 Å². The van der Waals surface area contributed by atoms with E-state index in [1.54, 1.807) is 7.11 Å². The summed E-state index contributed by atoms with van der Waals surface area (Å²) in [4.78, 5) is 12.8. The number of hydrogen-bond donors (Lipinski definition) is 3. The van der Waals surface area contributed by atoms with Crippen molar-refractivity contribution in [1.82, 2.24) is 15.4 Å². The molecule has 2 atom stereocenters. The van der Waals surface area contributed by atoms with Crippen LogP contribution in [0.25, 0.3) is 10.9 Å². The lowest BCUT2D eigenvalue weighted by Gasteiger charge is -2.19. The zero-order chi connectivity index (χ0) is 18.1. The summed E-state index contributed by atoms with van der Waals surface area (Å²) in [6.45, 7) is 0.579. The molecule has 1 amide bonds.